The molecule has 2 aromatic carbocycles. The summed E-state index contributed by atoms with van der Waals surface area (Å²) in [6, 6.07) is 16.0. The van der Waals surface area contributed by atoms with Crippen molar-refractivity contribution in [2.45, 2.75) is 36.4 Å². The number of halogens is 1. The van der Waals surface area contributed by atoms with Crippen molar-refractivity contribution in [3.63, 3.8) is 0 Å². The molecule has 4 rings (SSSR count). The smallest absolute Gasteiger partial charge is 0.191 e. The molecule has 0 radical (unpaired) electrons. The molecule has 1 fully saturated rings. The van der Waals surface area contributed by atoms with E-state index >= 15 is 0 Å². The van der Waals surface area contributed by atoms with Gasteiger partial charge in [-0.15, -0.1) is 10.2 Å². The van der Waals surface area contributed by atoms with Gasteiger partial charge in [-0.25, -0.2) is 4.39 Å². The minimum absolute atomic E-state index is 0.136. The molecule has 1 aliphatic rings. The maximum absolute atomic E-state index is 13.3. The summed E-state index contributed by atoms with van der Waals surface area (Å²) < 4.78 is 21.2. The summed E-state index contributed by atoms with van der Waals surface area (Å²) >= 11 is 1.57. The van der Waals surface area contributed by atoms with Gasteiger partial charge in [0, 0.05) is 17.9 Å². The first-order chi connectivity index (χ1) is 13.7. The van der Waals surface area contributed by atoms with Crippen LogP contribution in [0.5, 0.6) is 0 Å². The number of hydrogen-bond donors (Lipinski definition) is 0. The van der Waals surface area contributed by atoms with Crippen LogP contribution >= 0.6 is 11.8 Å². The van der Waals surface area contributed by atoms with Gasteiger partial charge in [-0.2, -0.15) is 5.26 Å². The number of nitriles is 1. The summed E-state index contributed by atoms with van der Waals surface area (Å²) in [5, 5.41) is 18.6. The molecular formula is C21H19FN4OS. The molecule has 0 saturated carbocycles. The molecule has 1 aliphatic heterocycles. The van der Waals surface area contributed by atoms with Crippen molar-refractivity contribution < 1.29 is 9.13 Å². The Bertz CT molecular complexity index is 990. The first-order valence-electron chi connectivity index (χ1n) is 9.15. The fraction of sp³-hybridized carbons (Fsp3) is 0.286. The van der Waals surface area contributed by atoms with E-state index in [1.807, 2.05) is 18.2 Å². The molecule has 0 N–H and O–H groups in total. The van der Waals surface area contributed by atoms with Crippen molar-refractivity contribution in [1.82, 2.24) is 14.8 Å². The molecule has 1 unspecified atom stereocenters. The third-order valence-corrected chi connectivity index (χ3v) is 5.69. The van der Waals surface area contributed by atoms with Crippen LogP contribution in [0.25, 0.3) is 11.4 Å². The van der Waals surface area contributed by atoms with Gasteiger partial charge < -0.3 is 4.74 Å². The molecule has 5 nitrogen and oxygen atoms in total. The lowest BCUT2D eigenvalue weighted by Gasteiger charge is -2.14. The van der Waals surface area contributed by atoms with Crippen molar-refractivity contribution >= 4 is 11.8 Å². The van der Waals surface area contributed by atoms with Crippen LogP contribution in [0.4, 0.5) is 4.39 Å². The van der Waals surface area contributed by atoms with Crippen LogP contribution in [-0.2, 0) is 17.0 Å². The second-order valence-electron chi connectivity index (χ2n) is 6.66. The molecule has 0 bridgehead atoms. The maximum atomic E-state index is 13.3. The van der Waals surface area contributed by atoms with Crippen LogP contribution in [0.3, 0.4) is 0 Å². The van der Waals surface area contributed by atoms with Gasteiger partial charge in [-0.3, -0.25) is 4.57 Å². The predicted octanol–water partition coefficient (Wildman–Crippen LogP) is 4.43. The average Bonchev–Trinajstić information content (AvgIpc) is 3.38. The zero-order valence-electron chi connectivity index (χ0n) is 15.2. The second-order valence-corrected chi connectivity index (χ2v) is 7.60. The van der Waals surface area contributed by atoms with Gasteiger partial charge in [-0.05, 0) is 54.8 Å². The van der Waals surface area contributed by atoms with E-state index in [4.69, 9.17) is 10.00 Å². The fourth-order valence-corrected chi connectivity index (χ4v) is 4.13. The first kappa shape index (κ1) is 18.7. The van der Waals surface area contributed by atoms with Crippen LogP contribution in [0.2, 0.25) is 0 Å². The number of thioether (sulfide) groups is 1. The van der Waals surface area contributed by atoms with Crippen LogP contribution in [0, 0.1) is 17.1 Å². The van der Waals surface area contributed by atoms with E-state index in [0.717, 1.165) is 35.7 Å². The number of nitrogens with zero attached hydrogens (tertiary/aromatic N) is 4. The highest BCUT2D eigenvalue weighted by molar-refractivity contribution is 7.98. The summed E-state index contributed by atoms with van der Waals surface area (Å²) in [7, 11) is 0. The molecule has 1 aromatic heterocycles. The summed E-state index contributed by atoms with van der Waals surface area (Å²) in [6.45, 7) is 1.45. The summed E-state index contributed by atoms with van der Waals surface area (Å²) in [4.78, 5) is 0. The standard InChI is InChI=1S/C21H19FN4OS/c22-18-8-6-17(7-9-18)20-24-25-21(26(20)13-19-5-2-10-27-19)28-14-16-4-1-3-15(11-16)12-23/h1,3-4,6-9,11,19H,2,5,10,13-14H2. The second kappa shape index (κ2) is 8.55. The third kappa shape index (κ3) is 4.24. The van der Waals surface area contributed by atoms with Gasteiger partial charge in [0.05, 0.1) is 24.3 Å². The Kier molecular flexibility index (Phi) is 5.70. The lowest BCUT2D eigenvalue weighted by Crippen LogP contribution is -2.16. The van der Waals surface area contributed by atoms with Crippen molar-refractivity contribution in [3.05, 3.63) is 65.5 Å². The SMILES string of the molecule is N#Cc1cccc(CSc2nnc(-c3ccc(F)cc3)n2CC2CCCO2)c1. The summed E-state index contributed by atoms with van der Waals surface area (Å²) in [5.74, 6) is 1.12. The molecule has 7 heteroatoms. The molecule has 1 atom stereocenters. The molecule has 0 aliphatic carbocycles. The van der Waals surface area contributed by atoms with E-state index < -0.39 is 0 Å². The zero-order valence-corrected chi connectivity index (χ0v) is 16.0. The zero-order chi connectivity index (χ0) is 19.3. The molecule has 1 saturated heterocycles. The number of rotatable bonds is 6. The summed E-state index contributed by atoms with van der Waals surface area (Å²) in [5.41, 5.74) is 2.52. The number of ether oxygens (including phenoxy) is 1. The van der Waals surface area contributed by atoms with Gasteiger partial charge >= 0.3 is 0 Å². The Labute approximate surface area is 167 Å². The minimum Gasteiger partial charge on any atom is -0.376 e. The monoisotopic (exact) mass is 394 g/mol. The lowest BCUT2D eigenvalue weighted by molar-refractivity contribution is 0.0953. The topological polar surface area (TPSA) is 63.7 Å². The maximum Gasteiger partial charge on any atom is 0.191 e. The van der Waals surface area contributed by atoms with E-state index in [9.17, 15) is 4.39 Å². The highest BCUT2D eigenvalue weighted by Gasteiger charge is 2.22. The van der Waals surface area contributed by atoms with Crippen LogP contribution in [-0.4, -0.2) is 27.5 Å². The number of benzene rings is 2. The van der Waals surface area contributed by atoms with Crippen LogP contribution in [0.1, 0.15) is 24.0 Å². The molecule has 2 heterocycles. The van der Waals surface area contributed by atoms with E-state index in [2.05, 4.69) is 20.8 Å². The van der Waals surface area contributed by atoms with Gasteiger partial charge in [0.25, 0.3) is 0 Å². The van der Waals surface area contributed by atoms with Crippen LogP contribution < -0.4 is 0 Å². The molecule has 0 amide bonds. The lowest BCUT2D eigenvalue weighted by atomic mass is 10.2. The van der Waals surface area contributed by atoms with E-state index in [1.165, 1.54) is 12.1 Å². The van der Waals surface area contributed by atoms with Crippen molar-refractivity contribution in [2.75, 3.05) is 6.61 Å². The van der Waals surface area contributed by atoms with Crippen LogP contribution in [0.15, 0.2) is 53.7 Å². The normalized spacial score (nSPS) is 16.2. The Hall–Kier alpha value is -2.69. The van der Waals surface area contributed by atoms with Gasteiger partial charge in [0.15, 0.2) is 11.0 Å². The highest BCUT2D eigenvalue weighted by Crippen LogP contribution is 2.28. The van der Waals surface area contributed by atoms with Gasteiger partial charge in [0.1, 0.15) is 5.82 Å². The minimum atomic E-state index is -0.277. The molecule has 3 aromatic rings. The third-order valence-electron chi connectivity index (χ3n) is 4.65. The Morgan fingerprint density at radius 1 is 1.21 bits per heavy atom. The van der Waals surface area contributed by atoms with Crippen molar-refractivity contribution in [2.24, 2.45) is 0 Å². The molecule has 0 spiro atoms. The predicted molar refractivity (Wildman–Crippen MR) is 105 cm³/mol. The quantitative estimate of drug-likeness (QED) is 0.579. The number of aromatic nitrogens is 3. The van der Waals surface area contributed by atoms with E-state index in [-0.39, 0.29) is 11.9 Å². The highest BCUT2D eigenvalue weighted by atomic mass is 32.2. The molecular weight excluding hydrogens is 375 g/mol. The average molecular weight is 394 g/mol. The Morgan fingerprint density at radius 3 is 2.82 bits per heavy atom. The Balaban J connectivity index is 1.60. The largest absolute Gasteiger partial charge is 0.376 e. The number of hydrogen-bond acceptors (Lipinski definition) is 5. The van der Waals surface area contributed by atoms with E-state index in [1.54, 1.807) is 30.0 Å². The van der Waals surface area contributed by atoms with Gasteiger partial charge in [0.2, 0.25) is 0 Å². The van der Waals surface area contributed by atoms with E-state index in [0.29, 0.717) is 23.7 Å². The Morgan fingerprint density at radius 2 is 2.07 bits per heavy atom. The van der Waals surface area contributed by atoms with Gasteiger partial charge in [-0.1, -0.05) is 23.9 Å². The molecule has 142 valence electrons. The van der Waals surface area contributed by atoms with Crippen molar-refractivity contribution in [3.8, 4) is 17.5 Å². The van der Waals surface area contributed by atoms with Crippen molar-refractivity contribution in [1.29, 1.82) is 5.26 Å². The summed E-state index contributed by atoms with van der Waals surface area (Å²) in [6.07, 6.45) is 2.20. The molecule has 28 heavy (non-hydrogen) atoms. The fourth-order valence-electron chi connectivity index (χ4n) is 3.24. The first-order valence-corrected chi connectivity index (χ1v) is 10.1.